The first-order valence-corrected chi connectivity index (χ1v) is 13.8. The highest BCUT2D eigenvalue weighted by Gasteiger charge is 2.25. The van der Waals surface area contributed by atoms with Crippen LogP contribution < -0.4 is 0 Å². The van der Waals surface area contributed by atoms with Crippen molar-refractivity contribution in [3.05, 3.63) is 59.4 Å². The largest absolute Gasteiger partial charge is 0.383 e. The summed E-state index contributed by atoms with van der Waals surface area (Å²) in [4.78, 5) is 30.4. The number of nitrogens with zero attached hydrogens (tertiary/aromatic N) is 3. The molecule has 6 nitrogen and oxygen atoms in total. The van der Waals surface area contributed by atoms with Gasteiger partial charge in [-0.05, 0) is 48.8 Å². The van der Waals surface area contributed by atoms with Gasteiger partial charge in [-0.15, -0.1) is 0 Å². The van der Waals surface area contributed by atoms with E-state index in [2.05, 4.69) is 82.6 Å². The summed E-state index contributed by atoms with van der Waals surface area (Å²) < 4.78 is 7.47. The second kappa shape index (κ2) is 15.0. The lowest BCUT2D eigenvalue weighted by Gasteiger charge is -2.29. The van der Waals surface area contributed by atoms with E-state index in [-0.39, 0.29) is 29.7 Å². The van der Waals surface area contributed by atoms with Crippen molar-refractivity contribution >= 4 is 11.8 Å². The van der Waals surface area contributed by atoms with E-state index in [4.69, 9.17) is 4.74 Å². The number of carbonyl (C=O) groups excluding carboxylic acids is 2. The molecule has 37 heavy (non-hydrogen) atoms. The molecule has 1 aromatic heterocycles. The topological polar surface area (TPSA) is 54.8 Å². The predicted octanol–water partition coefficient (Wildman–Crippen LogP) is 5.91. The first-order valence-electron chi connectivity index (χ1n) is 13.8. The fraction of sp³-hybridized carbons (Fsp3) is 0.613. The molecular formula is C31H49N3O3. The molecule has 0 aliphatic heterocycles. The van der Waals surface area contributed by atoms with Crippen molar-refractivity contribution in [2.24, 2.45) is 11.3 Å². The molecule has 0 saturated carbocycles. The van der Waals surface area contributed by atoms with E-state index < -0.39 is 0 Å². The number of rotatable bonds is 15. The third-order valence-electron chi connectivity index (χ3n) is 6.57. The lowest BCUT2D eigenvalue weighted by Crippen LogP contribution is -2.44. The van der Waals surface area contributed by atoms with Gasteiger partial charge in [0.05, 0.1) is 19.7 Å². The minimum atomic E-state index is -0.00955. The number of carbonyl (C=O) groups is 2. The molecule has 0 saturated heterocycles. The Labute approximate surface area is 225 Å². The highest BCUT2D eigenvalue weighted by atomic mass is 16.5. The minimum Gasteiger partial charge on any atom is -0.383 e. The predicted molar refractivity (Wildman–Crippen MR) is 151 cm³/mol. The van der Waals surface area contributed by atoms with Crippen molar-refractivity contribution in [2.45, 2.75) is 80.3 Å². The van der Waals surface area contributed by atoms with Gasteiger partial charge in [-0.3, -0.25) is 9.59 Å². The molecule has 1 heterocycles. The van der Waals surface area contributed by atoms with Gasteiger partial charge in [0, 0.05) is 45.1 Å². The van der Waals surface area contributed by atoms with E-state index in [0.717, 1.165) is 31.5 Å². The molecule has 2 rings (SSSR count). The van der Waals surface area contributed by atoms with Crippen molar-refractivity contribution in [2.75, 3.05) is 33.4 Å². The van der Waals surface area contributed by atoms with E-state index >= 15 is 0 Å². The molecule has 1 atom stereocenters. The van der Waals surface area contributed by atoms with Crippen LogP contribution in [0.25, 0.3) is 0 Å². The minimum absolute atomic E-state index is 0.00955. The molecule has 0 N–H and O–H groups in total. The molecule has 206 valence electrons. The Kier molecular flexibility index (Phi) is 12.4. The third kappa shape index (κ3) is 11.1. The molecule has 2 amide bonds. The average molecular weight is 512 g/mol. The quantitative estimate of drug-likeness (QED) is 0.299. The number of benzene rings is 1. The van der Waals surface area contributed by atoms with Gasteiger partial charge >= 0.3 is 0 Å². The fourth-order valence-electron chi connectivity index (χ4n) is 4.89. The van der Waals surface area contributed by atoms with E-state index in [9.17, 15) is 9.59 Å². The van der Waals surface area contributed by atoms with Crippen molar-refractivity contribution in [1.82, 2.24) is 14.4 Å². The molecule has 0 aliphatic rings. The Balaban J connectivity index is 2.13. The average Bonchev–Trinajstić information content (AvgIpc) is 3.24. The molecule has 0 radical (unpaired) electrons. The van der Waals surface area contributed by atoms with Crippen LogP contribution in [0.1, 0.15) is 77.1 Å². The maximum atomic E-state index is 13.6. The molecule has 0 aliphatic carbocycles. The highest BCUT2D eigenvalue weighted by Crippen LogP contribution is 2.26. The van der Waals surface area contributed by atoms with Gasteiger partial charge in [0.25, 0.3) is 0 Å². The zero-order valence-electron chi connectivity index (χ0n) is 24.3. The Morgan fingerprint density at radius 2 is 1.81 bits per heavy atom. The Morgan fingerprint density at radius 3 is 2.46 bits per heavy atom. The number of aryl methyl sites for hydroxylation is 1. The second-order valence-electron chi connectivity index (χ2n) is 11.7. The van der Waals surface area contributed by atoms with Crippen LogP contribution in [-0.2, 0) is 27.4 Å². The molecule has 1 aromatic carbocycles. The normalized spacial score (nSPS) is 12.4. The Bertz CT molecular complexity index is 976. The number of hydrogen-bond donors (Lipinski definition) is 0. The Morgan fingerprint density at radius 1 is 1.05 bits per heavy atom. The zero-order chi connectivity index (χ0) is 27.4. The van der Waals surface area contributed by atoms with Crippen LogP contribution in [0.15, 0.2) is 42.6 Å². The molecular weight excluding hydrogens is 462 g/mol. The van der Waals surface area contributed by atoms with Crippen LogP contribution in [0.5, 0.6) is 0 Å². The number of aromatic nitrogens is 1. The second-order valence-corrected chi connectivity index (χ2v) is 11.7. The highest BCUT2D eigenvalue weighted by molar-refractivity contribution is 5.85. The van der Waals surface area contributed by atoms with Crippen molar-refractivity contribution in [3.8, 4) is 0 Å². The molecule has 6 heteroatoms. The number of methoxy groups -OCH3 is 1. The van der Waals surface area contributed by atoms with Gasteiger partial charge in [0.15, 0.2) is 0 Å². The first kappa shape index (κ1) is 30.6. The summed E-state index contributed by atoms with van der Waals surface area (Å²) in [5, 5.41) is 0. The van der Waals surface area contributed by atoms with Crippen molar-refractivity contribution in [3.63, 3.8) is 0 Å². The van der Waals surface area contributed by atoms with Gasteiger partial charge in [-0.1, -0.05) is 70.9 Å². The summed E-state index contributed by atoms with van der Waals surface area (Å²) in [6.45, 7) is 15.9. The maximum absolute atomic E-state index is 13.6. The van der Waals surface area contributed by atoms with Gasteiger partial charge in [0.2, 0.25) is 11.8 Å². The SMILES string of the molecule is CCCCN(Cc1cccn1Cc1cccc(C)c1)C(=O)CN(CCOC)C(=O)CC(C)CC(C)(C)C. The van der Waals surface area contributed by atoms with Crippen molar-refractivity contribution < 1.29 is 14.3 Å². The summed E-state index contributed by atoms with van der Waals surface area (Å²) in [5.41, 5.74) is 3.74. The number of hydrogen-bond acceptors (Lipinski definition) is 3. The summed E-state index contributed by atoms with van der Waals surface area (Å²) in [7, 11) is 1.63. The Hall–Kier alpha value is -2.60. The lowest BCUT2D eigenvalue weighted by molar-refractivity contribution is -0.142. The van der Waals surface area contributed by atoms with Crippen LogP contribution in [-0.4, -0.2) is 59.5 Å². The van der Waals surface area contributed by atoms with Crippen LogP contribution in [0.3, 0.4) is 0 Å². The van der Waals surface area contributed by atoms with Gasteiger partial charge in [-0.25, -0.2) is 0 Å². The molecule has 0 fully saturated rings. The number of amides is 2. The van der Waals surface area contributed by atoms with Crippen LogP contribution in [0, 0.1) is 18.3 Å². The molecule has 0 bridgehead atoms. The monoisotopic (exact) mass is 511 g/mol. The first-order chi connectivity index (χ1) is 17.5. The molecule has 0 spiro atoms. The van der Waals surface area contributed by atoms with E-state index in [1.807, 2.05) is 11.0 Å². The fourth-order valence-corrected chi connectivity index (χ4v) is 4.89. The van der Waals surface area contributed by atoms with Gasteiger partial charge in [-0.2, -0.15) is 0 Å². The summed E-state index contributed by atoms with van der Waals surface area (Å²) >= 11 is 0. The van der Waals surface area contributed by atoms with Crippen molar-refractivity contribution in [1.29, 1.82) is 0 Å². The summed E-state index contributed by atoms with van der Waals surface area (Å²) in [6.07, 6.45) is 5.42. The van der Waals surface area contributed by atoms with Crippen LogP contribution in [0.2, 0.25) is 0 Å². The van der Waals surface area contributed by atoms with E-state index in [1.165, 1.54) is 11.1 Å². The zero-order valence-corrected chi connectivity index (χ0v) is 24.3. The summed E-state index contributed by atoms with van der Waals surface area (Å²) in [6, 6.07) is 12.6. The maximum Gasteiger partial charge on any atom is 0.242 e. The molecule has 1 unspecified atom stereocenters. The van der Waals surface area contributed by atoms with Crippen LogP contribution >= 0.6 is 0 Å². The molecule has 2 aromatic rings. The third-order valence-corrected chi connectivity index (χ3v) is 6.57. The van der Waals surface area contributed by atoms with Gasteiger partial charge in [0.1, 0.15) is 0 Å². The standard InChI is InChI=1S/C31H49N3O3/c1-8-9-15-33(23-28-14-11-16-32(28)22-27-13-10-12-25(2)19-27)30(36)24-34(17-18-37-7)29(35)20-26(3)21-31(4,5)6/h10-14,16,19,26H,8-9,15,17-18,20-24H2,1-7H3. The summed E-state index contributed by atoms with van der Waals surface area (Å²) in [5.74, 6) is 0.277. The van der Waals surface area contributed by atoms with E-state index in [0.29, 0.717) is 32.7 Å². The van der Waals surface area contributed by atoms with Gasteiger partial charge < -0.3 is 19.1 Å². The smallest absolute Gasteiger partial charge is 0.242 e. The van der Waals surface area contributed by atoms with E-state index in [1.54, 1.807) is 12.0 Å². The lowest BCUT2D eigenvalue weighted by atomic mass is 9.84. The number of unbranched alkanes of at least 4 members (excludes halogenated alkanes) is 1. The number of ether oxygens (including phenoxy) is 1. The van der Waals surface area contributed by atoms with Crippen LogP contribution in [0.4, 0.5) is 0 Å².